The first-order valence-electron chi connectivity index (χ1n) is 9.73. The summed E-state index contributed by atoms with van der Waals surface area (Å²) in [5.41, 5.74) is 11.1. The average Bonchev–Trinajstić information content (AvgIpc) is 2.81. The Hall–Kier alpha value is -3.99. The molecule has 148 valence electrons. The highest BCUT2D eigenvalue weighted by Crippen LogP contribution is 2.38. The van der Waals surface area contributed by atoms with Gasteiger partial charge >= 0.3 is 0 Å². The fourth-order valence-electron chi connectivity index (χ4n) is 3.67. The van der Waals surface area contributed by atoms with Crippen LogP contribution in [0.5, 0.6) is 0 Å². The number of nitrogens with two attached hydrogens (primary N) is 1. The molecule has 4 rings (SSSR count). The Bertz CT molecular complexity index is 1090. The van der Waals surface area contributed by atoms with Crippen LogP contribution < -0.4 is 10.6 Å². The maximum Gasteiger partial charge on any atom is 0.248 e. The molecule has 5 heteroatoms. The zero-order chi connectivity index (χ0) is 20.9. The Morgan fingerprint density at radius 1 is 0.833 bits per heavy atom. The molecule has 2 aromatic heterocycles. The van der Waals surface area contributed by atoms with E-state index in [0.717, 1.165) is 28.1 Å². The van der Waals surface area contributed by atoms with Crippen LogP contribution in [0.3, 0.4) is 0 Å². The number of pyridine rings is 2. The van der Waals surface area contributed by atoms with Crippen molar-refractivity contribution in [1.29, 1.82) is 0 Å². The summed E-state index contributed by atoms with van der Waals surface area (Å²) in [5.74, 6) is -0.428. The molecule has 30 heavy (non-hydrogen) atoms. The van der Waals surface area contributed by atoms with Crippen molar-refractivity contribution in [1.82, 2.24) is 9.97 Å². The van der Waals surface area contributed by atoms with Crippen molar-refractivity contribution in [2.75, 3.05) is 4.90 Å². The third kappa shape index (κ3) is 3.91. The van der Waals surface area contributed by atoms with E-state index < -0.39 is 5.91 Å². The lowest BCUT2D eigenvalue weighted by Gasteiger charge is -2.32. The van der Waals surface area contributed by atoms with E-state index in [4.69, 9.17) is 5.73 Å². The van der Waals surface area contributed by atoms with Crippen molar-refractivity contribution >= 4 is 17.3 Å². The highest BCUT2D eigenvalue weighted by Gasteiger charge is 2.21. The molecule has 1 unspecified atom stereocenters. The third-order valence-corrected chi connectivity index (χ3v) is 5.13. The van der Waals surface area contributed by atoms with Crippen molar-refractivity contribution in [3.63, 3.8) is 0 Å². The van der Waals surface area contributed by atoms with Crippen LogP contribution in [0.4, 0.5) is 11.4 Å². The highest BCUT2D eigenvalue weighted by atomic mass is 16.1. The van der Waals surface area contributed by atoms with Crippen LogP contribution in [0.25, 0.3) is 11.1 Å². The minimum Gasteiger partial charge on any atom is -0.366 e. The van der Waals surface area contributed by atoms with Gasteiger partial charge in [0.25, 0.3) is 0 Å². The number of nitrogens with zero attached hydrogens (tertiary/aromatic N) is 3. The van der Waals surface area contributed by atoms with Crippen molar-refractivity contribution in [3.8, 4) is 11.1 Å². The first-order valence-corrected chi connectivity index (χ1v) is 9.73. The van der Waals surface area contributed by atoms with E-state index in [-0.39, 0.29) is 6.04 Å². The summed E-state index contributed by atoms with van der Waals surface area (Å²) in [6, 6.07) is 23.6. The van der Waals surface area contributed by atoms with Gasteiger partial charge in [0.15, 0.2) is 0 Å². The highest BCUT2D eigenvalue weighted by molar-refractivity contribution is 5.93. The molecular weight excluding hydrogens is 372 g/mol. The van der Waals surface area contributed by atoms with Gasteiger partial charge in [0.1, 0.15) is 0 Å². The molecule has 2 heterocycles. The van der Waals surface area contributed by atoms with E-state index in [1.54, 1.807) is 24.5 Å². The number of amides is 1. The average molecular weight is 394 g/mol. The Morgan fingerprint density at radius 2 is 1.43 bits per heavy atom. The Kier molecular flexibility index (Phi) is 5.52. The molecule has 0 aliphatic heterocycles. The van der Waals surface area contributed by atoms with E-state index in [1.807, 2.05) is 60.9 Å². The number of benzene rings is 2. The minimum absolute atomic E-state index is 0.00502. The van der Waals surface area contributed by atoms with Gasteiger partial charge in [0, 0.05) is 18.0 Å². The van der Waals surface area contributed by atoms with Gasteiger partial charge in [-0.05, 0) is 60.0 Å². The van der Waals surface area contributed by atoms with Crippen LogP contribution >= 0.6 is 0 Å². The lowest BCUT2D eigenvalue weighted by atomic mass is 9.93. The Balaban J connectivity index is 1.80. The molecule has 0 saturated heterocycles. The van der Waals surface area contributed by atoms with Crippen LogP contribution in [-0.2, 0) is 0 Å². The standard InChI is InChI=1S/C25H22N4O/c1-18(29(21-6-4-14-27-16-21)22-7-5-15-28-17-22)23-8-2-3-9-24(23)19-10-12-20(13-11-19)25(26)30/h2-18H,1H3,(H2,26,30). The zero-order valence-corrected chi connectivity index (χ0v) is 16.6. The van der Waals surface area contributed by atoms with E-state index >= 15 is 0 Å². The van der Waals surface area contributed by atoms with Gasteiger partial charge in [-0.15, -0.1) is 0 Å². The third-order valence-electron chi connectivity index (χ3n) is 5.13. The van der Waals surface area contributed by atoms with Gasteiger partial charge in [0.05, 0.1) is 29.8 Å². The first kappa shape index (κ1) is 19.3. The van der Waals surface area contributed by atoms with Gasteiger partial charge in [-0.25, -0.2) is 0 Å². The molecular formula is C25H22N4O. The number of hydrogen-bond acceptors (Lipinski definition) is 4. The second kappa shape index (κ2) is 8.57. The second-order valence-electron chi connectivity index (χ2n) is 7.00. The number of hydrogen-bond donors (Lipinski definition) is 1. The van der Waals surface area contributed by atoms with Crippen LogP contribution in [0.2, 0.25) is 0 Å². The van der Waals surface area contributed by atoms with Gasteiger partial charge in [-0.1, -0.05) is 36.4 Å². The quantitative estimate of drug-likeness (QED) is 0.491. The largest absolute Gasteiger partial charge is 0.366 e. The summed E-state index contributed by atoms with van der Waals surface area (Å²) in [4.78, 5) is 22.3. The van der Waals surface area contributed by atoms with Crippen molar-refractivity contribution in [3.05, 3.63) is 109 Å². The van der Waals surface area contributed by atoms with E-state index in [0.29, 0.717) is 5.56 Å². The topological polar surface area (TPSA) is 72.1 Å². The number of anilines is 2. The molecule has 1 amide bonds. The summed E-state index contributed by atoms with van der Waals surface area (Å²) in [5, 5.41) is 0. The molecule has 1 atom stereocenters. The Labute approximate surface area is 175 Å². The number of rotatable bonds is 6. The molecule has 0 radical (unpaired) electrons. The summed E-state index contributed by atoms with van der Waals surface area (Å²) >= 11 is 0. The predicted molar refractivity (Wildman–Crippen MR) is 119 cm³/mol. The van der Waals surface area contributed by atoms with E-state index in [9.17, 15) is 4.79 Å². The molecule has 0 fully saturated rings. The van der Waals surface area contributed by atoms with Crippen LogP contribution in [0.1, 0.15) is 28.9 Å². The Morgan fingerprint density at radius 3 is 1.97 bits per heavy atom. The van der Waals surface area contributed by atoms with Gasteiger partial charge < -0.3 is 10.6 Å². The minimum atomic E-state index is -0.428. The fraction of sp³-hybridized carbons (Fsp3) is 0.0800. The molecule has 0 bridgehead atoms. The summed E-state index contributed by atoms with van der Waals surface area (Å²) in [6.07, 6.45) is 7.25. The monoisotopic (exact) mass is 394 g/mol. The van der Waals surface area contributed by atoms with Gasteiger partial charge in [-0.2, -0.15) is 0 Å². The smallest absolute Gasteiger partial charge is 0.248 e. The van der Waals surface area contributed by atoms with Crippen LogP contribution in [-0.4, -0.2) is 15.9 Å². The molecule has 2 N–H and O–H groups in total. The van der Waals surface area contributed by atoms with Gasteiger partial charge in [-0.3, -0.25) is 14.8 Å². The van der Waals surface area contributed by atoms with Gasteiger partial charge in [0.2, 0.25) is 5.91 Å². The maximum absolute atomic E-state index is 11.4. The van der Waals surface area contributed by atoms with Crippen molar-refractivity contribution < 1.29 is 4.79 Å². The number of carbonyl (C=O) groups excluding carboxylic acids is 1. The molecule has 2 aromatic carbocycles. The molecule has 0 aliphatic carbocycles. The second-order valence-corrected chi connectivity index (χ2v) is 7.00. The lowest BCUT2D eigenvalue weighted by molar-refractivity contribution is 0.100. The summed E-state index contributed by atoms with van der Waals surface area (Å²) < 4.78 is 0. The molecule has 0 saturated carbocycles. The van der Waals surface area contributed by atoms with Crippen molar-refractivity contribution in [2.24, 2.45) is 5.73 Å². The SMILES string of the molecule is CC(c1ccccc1-c1ccc(C(N)=O)cc1)N(c1cccnc1)c1cccnc1. The predicted octanol–water partition coefficient (Wildman–Crippen LogP) is 5.14. The van der Waals surface area contributed by atoms with Crippen LogP contribution in [0.15, 0.2) is 97.6 Å². The van der Waals surface area contributed by atoms with E-state index in [2.05, 4.69) is 33.9 Å². The molecule has 0 spiro atoms. The fourth-order valence-corrected chi connectivity index (χ4v) is 3.67. The maximum atomic E-state index is 11.4. The lowest BCUT2D eigenvalue weighted by Crippen LogP contribution is -2.22. The van der Waals surface area contributed by atoms with Crippen LogP contribution in [0, 0.1) is 0 Å². The summed E-state index contributed by atoms with van der Waals surface area (Å²) in [6.45, 7) is 2.16. The van der Waals surface area contributed by atoms with E-state index in [1.165, 1.54) is 0 Å². The zero-order valence-electron chi connectivity index (χ0n) is 16.6. The molecule has 0 aliphatic rings. The molecule has 4 aromatic rings. The summed E-state index contributed by atoms with van der Waals surface area (Å²) in [7, 11) is 0. The first-order chi connectivity index (χ1) is 14.6. The number of aromatic nitrogens is 2. The molecule has 5 nitrogen and oxygen atoms in total. The van der Waals surface area contributed by atoms with Crippen molar-refractivity contribution in [2.45, 2.75) is 13.0 Å². The number of carbonyl (C=O) groups is 1. The number of primary amides is 1. The normalized spacial score (nSPS) is 11.6.